The average Bonchev–Trinajstić information content (AvgIpc) is 2.74. The van der Waals surface area contributed by atoms with Crippen LogP contribution in [0.3, 0.4) is 0 Å². The smallest absolute Gasteiger partial charge is 0.273 e. The van der Waals surface area contributed by atoms with Crippen LogP contribution in [0.15, 0.2) is 76.8 Å². The highest BCUT2D eigenvalue weighted by Crippen LogP contribution is 2.27. The second-order valence-corrected chi connectivity index (χ2v) is 8.35. The first-order chi connectivity index (χ1) is 15.3. The number of carbonyl (C=O) groups excluding carboxylic acids is 3. The van der Waals surface area contributed by atoms with Crippen LogP contribution in [-0.4, -0.2) is 17.8 Å². The van der Waals surface area contributed by atoms with Gasteiger partial charge in [0.05, 0.1) is 5.69 Å². The molecule has 4 amide bonds. The summed E-state index contributed by atoms with van der Waals surface area (Å²) in [6.45, 7) is 0. The number of hydrogen-bond acceptors (Lipinski definition) is 3. The second-order valence-electron chi connectivity index (χ2n) is 7.06. The summed E-state index contributed by atoms with van der Waals surface area (Å²) in [5.74, 6) is -1.83. The van der Waals surface area contributed by atoms with Gasteiger partial charge in [-0.15, -0.1) is 0 Å². The van der Waals surface area contributed by atoms with E-state index in [0.29, 0.717) is 27.0 Å². The summed E-state index contributed by atoms with van der Waals surface area (Å²) in [6.07, 6.45) is 1.78. The van der Waals surface area contributed by atoms with Gasteiger partial charge in [-0.1, -0.05) is 63.9 Å². The fourth-order valence-corrected chi connectivity index (χ4v) is 4.04. The standard InChI is InChI=1S/C24H15BrClFN2O3/c25-20-11-14(8-9-15(20)12-16-4-1-2-7-21(16)27)10-19-22(30)28-24(32)29(23(19)31)18-6-3-5-17(26)13-18/h1-11,13H,12H2,(H,28,30,32)/b19-10+. The van der Waals surface area contributed by atoms with Crippen molar-refractivity contribution in [3.63, 3.8) is 0 Å². The third kappa shape index (κ3) is 4.49. The fourth-order valence-electron chi connectivity index (χ4n) is 3.32. The molecule has 8 heteroatoms. The lowest BCUT2D eigenvalue weighted by molar-refractivity contribution is -0.122. The SMILES string of the molecule is O=C1NC(=O)N(c2cccc(Cl)c2)C(=O)/C1=C/c1ccc(Cc2ccccc2F)c(Br)c1. The minimum Gasteiger partial charge on any atom is -0.273 e. The van der Waals surface area contributed by atoms with Crippen LogP contribution in [0, 0.1) is 5.82 Å². The molecule has 0 bridgehead atoms. The minimum atomic E-state index is -0.846. The Morgan fingerprint density at radius 3 is 2.47 bits per heavy atom. The number of urea groups is 1. The molecule has 3 aromatic carbocycles. The van der Waals surface area contributed by atoms with Gasteiger partial charge in [0.15, 0.2) is 0 Å². The quantitative estimate of drug-likeness (QED) is 0.370. The lowest BCUT2D eigenvalue weighted by Gasteiger charge is -2.26. The Kier molecular flexibility index (Phi) is 6.21. The number of halogens is 3. The Morgan fingerprint density at radius 1 is 0.969 bits per heavy atom. The summed E-state index contributed by atoms with van der Waals surface area (Å²) < 4.78 is 14.7. The minimum absolute atomic E-state index is 0.196. The number of carbonyl (C=O) groups is 3. The number of rotatable bonds is 4. The van der Waals surface area contributed by atoms with Crippen molar-refractivity contribution in [1.29, 1.82) is 0 Å². The van der Waals surface area contributed by atoms with Crippen LogP contribution in [0.4, 0.5) is 14.9 Å². The Labute approximate surface area is 196 Å². The van der Waals surface area contributed by atoms with E-state index in [0.717, 1.165) is 10.5 Å². The predicted octanol–water partition coefficient (Wildman–Crippen LogP) is 5.50. The van der Waals surface area contributed by atoms with Gasteiger partial charge in [0.25, 0.3) is 11.8 Å². The Bertz CT molecular complexity index is 1290. The molecule has 160 valence electrons. The summed E-state index contributed by atoms with van der Waals surface area (Å²) in [5, 5.41) is 2.52. The molecule has 3 aromatic rings. The number of hydrogen-bond donors (Lipinski definition) is 1. The zero-order chi connectivity index (χ0) is 22.8. The molecule has 0 unspecified atom stereocenters. The molecule has 4 rings (SSSR count). The summed E-state index contributed by atoms with van der Waals surface area (Å²) >= 11 is 9.45. The maximum Gasteiger partial charge on any atom is 0.335 e. The Balaban J connectivity index is 1.64. The van der Waals surface area contributed by atoms with Crippen LogP contribution in [0.25, 0.3) is 6.08 Å². The van der Waals surface area contributed by atoms with Crippen molar-refractivity contribution in [1.82, 2.24) is 5.32 Å². The second kappa shape index (κ2) is 9.06. The molecule has 1 fully saturated rings. The molecule has 5 nitrogen and oxygen atoms in total. The zero-order valence-corrected chi connectivity index (χ0v) is 18.8. The van der Waals surface area contributed by atoms with E-state index in [-0.39, 0.29) is 17.1 Å². The number of nitrogens with one attached hydrogen (secondary N) is 1. The van der Waals surface area contributed by atoms with Crippen molar-refractivity contribution >= 4 is 57.1 Å². The Hall–Kier alpha value is -3.29. The largest absolute Gasteiger partial charge is 0.335 e. The first-order valence-corrected chi connectivity index (χ1v) is 10.7. The van der Waals surface area contributed by atoms with Gasteiger partial charge in [0, 0.05) is 15.9 Å². The molecule has 0 saturated carbocycles. The third-order valence-electron chi connectivity index (χ3n) is 4.89. The third-order valence-corrected chi connectivity index (χ3v) is 5.87. The van der Waals surface area contributed by atoms with Crippen molar-refractivity contribution in [3.8, 4) is 0 Å². The van der Waals surface area contributed by atoms with E-state index >= 15 is 0 Å². The van der Waals surface area contributed by atoms with Crippen molar-refractivity contribution in [2.24, 2.45) is 0 Å². The van der Waals surface area contributed by atoms with E-state index in [1.54, 1.807) is 54.6 Å². The summed E-state index contributed by atoms with van der Waals surface area (Å²) in [5.41, 5.74) is 2.01. The molecule has 0 aromatic heterocycles. The van der Waals surface area contributed by atoms with Gasteiger partial charge >= 0.3 is 6.03 Å². The van der Waals surface area contributed by atoms with E-state index in [9.17, 15) is 18.8 Å². The predicted molar refractivity (Wildman–Crippen MR) is 124 cm³/mol. The number of anilines is 1. The van der Waals surface area contributed by atoms with Crippen molar-refractivity contribution < 1.29 is 18.8 Å². The molecule has 1 saturated heterocycles. The topological polar surface area (TPSA) is 66.5 Å². The number of barbiturate groups is 1. The van der Waals surface area contributed by atoms with Gasteiger partial charge in [0.2, 0.25) is 0 Å². The van der Waals surface area contributed by atoms with Crippen LogP contribution in [-0.2, 0) is 16.0 Å². The lowest BCUT2D eigenvalue weighted by Crippen LogP contribution is -2.54. The van der Waals surface area contributed by atoms with Crippen molar-refractivity contribution in [3.05, 3.63) is 104 Å². The summed E-state index contributed by atoms with van der Waals surface area (Å²) in [7, 11) is 0. The van der Waals surface area contributed by atoms with Gasteiger partial charge in [-0.3, -0.25) is 14.9 Å². The van der Waals surface area contributed by atoms with Gasteiger partial charge in [-0.05, 0) is 53.1 Å². The molecular formula is C24H15BrClFN2O3. The van der Waals surface area contributed by atoms with Crippen LogP contribution in [0.1, 0.15) is 16.7 Å². The first kappa shape index (κ1) is 21.9. The molecule has 0 radical (unpaired) electrons. The van der Waals surface area contributed by atoms with Crippen molar-refractivity contribution in [2.45, 2.75) is 6.42 Å². The normalized spacial score (nSPS) is 15.3. The van der Waals surface area contributed by atoms with E-state index < -0.39 is 17.8 Å². The molecule has 0 atom stereocenters. The maximum atomic E-state index is 14.0. The molecule has 0 spiro atoms. The van der Waals surface area contributed by atoms with E-state index in [1.165, 1.54) is 18.2 Å². The van der Waals surface area contributed by atoms with E-state index in [4.69, 9.17) is 11.6 Å². The van der Waals surface area contributed by atoms with Gasteiger partial charge < -0.3 is 0 Å². The number of benzene rings is 3. The zero-order valence-electron chi connectivity index (χ0n) is 16.4. The monoisotopic (exact) mass is 512 g/mol. The molecule has 1 N–H and O–H groups in total. The van der Waals surface area contributed by atoms with Crippen LogP contribution in [0.5, 0.6) is 0 Å². The lowest BCUT2D eigenvalue weighted by atomic mass is 10.0. The molecule has 32 heavy (non-hydrogen) atoms. The summed E-state index contributed by atoms with van der Waals surface area (Å²) in [4.78, 5) is 38.5. The highest BCUT2D eigenvalue weighted by molar-refractivity contribution is 9.10. The fraction of sp³-hybridized carbons (Fsp3) is 0.0417. The number of imide groups is 2. The number of amides is 4. The van der Waals surface area contributed by atoms with E-state index in [2.05, 4.69) is 21.2 Å². The maximum absolute atomic E-state index is 14.0. The van der Waals surface area contributed by atoms with E-state index in [1.807, 2.05) is 0 Å². The average molecular weight is 514 g/mol. The summed E-state index contributed by atoms with van der Waals surface area (Å²) in [6, 6.07) is 17.1. The highest BCUT2D eigenvalue weighted by atomic mass is 79.9. The van der Waals surface area contributed by atoms with Crippen LogP contribution in [0.2, 0.25) is 5.02 Å². The molecule has 1 aliphatic heterocycles. The highest BCUT2D eigenvalue weighted by Gasteiger charge is 2.36. The molecule has 1 aliphatic rings. The van der Waals surface area contributed by atoms with Gasteiger partial charge in [0.1, 0.15) is 11.4 Å². The first-order valence-electron chi connectivity index (χ1n) is 9.52. The molecular weight excluding hydrogens is 499 g/mol. The van der Waals surface area contributed by atoms with Gasteiger partial charge in [-0.25, -0.2) is 14.1 Å². The van der Waals surface area contributed by atoms with Crippen LogP contribution < -0.4 is 10.2 Å². The Morgan fingerprint density at radius 2 is 1.75 bits per heavy atom. The number of nitrogens with zero attached hydrogens (tertiary/aromatic N) is 1. The molecule has 1 heterocycles. The van der Waals surface area contributed by atoms with Crippen LogP contribution >= 0.6 is 27.5 Å². The van der Waals surface area contributed by atoms with Crippen molar-refractivity contribution in [2.75, 3.05) is 4.90 Å². The molecule has 0 aliphatic carbocycles. The van der Waals surface area contributed by atoms with Gasteiger partial charge in [-0.2, -0.15) is 0 Å².